The molecule has 0 bridgehead atoms. The van der Waals surface area contributed by atoms with Gasteiger partial charge in [0.15, 0.2) is 0 Å². The van der Waals surface area contributed by atoms with Crippen molar-refractivity contribution in [3.63, 3.8) is 0 Å². The van der Waals surface area contributed by atoms with Crippen LogP contribution in [0.3, 0.4) is 0 Å². The molecule has 1 unspecified atom stereocenters. The van der Waals surface area contributed by atoms with Gasteiger partial charge in [-0.3, -0.25) is 9.78 Å². The van der Waals surface area contributed by atoms with Gasteiger partial charge in [-0.15, -0.1) is 0 Å². The smallest absolute Gasteiger partial charge is 0.220 e. The summed E-state index contributed by atoms with van der Waals surface area (Å²) in [5, 5.41) is 0.911. The molecule has 1 fully saturated rings. The standard InChI is InChI=1S/C18H21FN2O/c1-11(18(20)22)12-2-4-13(5-3-12)15-8-9-21-17-7-6-14(19)10-16(15)17/h6-13H,2-5H2,1H3,(H2,20,22)/t11?,12-,13+. The topological polar surface area (TPSA) is 56.0 Å². The molecule has 1 aromatic carbocycles. The van der Waals surface area contributed by atoms with Gasteiger partial charge in [-0.25, -0.2) is 4.39 Å². The lowest BCUT2D eigenvalue weighted by Gasteiger charge is -2.31. The van der Waals surface area contributed by atoms with Crippen LogP contribution in [0, 0.1) is 17.7 Å². The van der Waals surface area contributed by atoms with E-state index in [9.17, 15) is 9.18 Å². The Bertz CT molecular complexity index is 693. The highest BCUT2D eigenvalue weighted by molar-refractivity contribution is 5.82. The first-order valence-corrected chi connectivity index (χ1v) is 7.89. The predicted octanol–water partition coefficient (Wildman–Crippen LogP) is 3.77. The fourth-order valence-corrected chi connectivity index (χ4v) is 3.66. The van der Waals surface area contributed by atoms with Crippen molar-refractivity contribution in [1.82, 2.24) is 4.98 Å². The number of halogens is 1. The molecule has 1 heterocycles. The lowest BCUT2D eigenvalue weighted by Crippen LogP contribution is -2.30. The maximum Gasteiger partial charge on any atom is 0.220 e. The molecule has 3 nitrogen and oxygen atoms in total. The van der Waals surface area contributed by atoms with E-state index in [-0.39, 0.29) is 17.6 Å². The van der Waals surface area contributed by atoms with Gasteiger partial charge in [0, 0.05) is 17.5 Å². The summed E-state index contributed by atoms with van der Waals surface area (Å²) in [6.45, 7) is 1.92. The van der Waals surface area contributed by atoms with E-state index in [0.717, 1.165) is 36.6 Å². The highest BCUT2D eigenvalue weighted by Crippen LogP contribution is 2.40. The van der Waals surface area contributed by atoms with Crippen LogP contribution >= 0.6 is 0 Å². The van der Waals surface area contributed by atoms with Gasteiger partial charge in [-0.2, -0.15) is 0 Å². The predicted molar refractivity (Wildman–Crippen MR) is 84.8 cm³/mol. The SMILES string of the molecule is CC(C(N)=O)[C@H]1CC[C@@H](c2ccnc3ccc(F)cc32)CC1. The third-order valence-corrected chi connectivity index (χ3v) is 5.10. The number of benzene rings is 1. The maximum atomic E-state index is 13.6. The van der Waals surface area contributed by atoms with E-state index in [1.807, 2.05) is 13.0 Å². The fourth-order valence-electron chi connectivity index (χ4n) is 3.66. The first-order chi connectivity index (χ1) is 10.6. The van der Waals surface area contributed by atoms with Gasteiger partial charge < -0.3 is 5.73 Å². The molecule has 0 saturated heterocycles. The van der Waals surface area contributed by atoms with Gasteiger partial charge in [0.05, 0.1) is 5.52 Å². The van der Waals surface area contributed by atoms with Crippen molar-refractivity contribution in [2.75, 3.05) is 0 Å². The number of carbonyl (C=O) groups is 1. The lowest BCUT2D eigenvalue weighted by molar-refractivity contribution is -0.123. The summed E-state index contributed by atoms with van der Waals surface area (Å²) in [4.78, 5) is 15.7. The second-order valence-electron chi connectivity index (χ2n) is 6.36. The average molecular weight is 300 g/mol. The minimum Gasteiger partial charge on any atom is -0.369 e. The zero-order valence-electron chi connectivity index (χ0n) is 12.8. The molecule has 1 aromatic heterocycles. The van der Waals surface area contributed by atoms with Crippen LogP contribution in [0.5, 0.6) is 0 Å². The fraction of sp³-hybridized carbons (Fsp3) is 0.444. The summed E-state index contributed by atoms with van der Waals surface area (Å²) in [6.07, 6.45) is 5.81. The van der Waals surface area contributed by atoms with E-state index in [0.29, 0.717) is 11.8 Å². The molecule has 116 valence electrons. The second kappa shape index (κ2) is 6.03. The zero-order valence-corrected chi connectivity index (χ0v) is 12.8. The van der Waals surface area contributed by atoms with Crippen molar-refractivity contribution in [2.24, 2.45) is 17.6 Å². The van der Waals surface area contributed by atoms with Crippen molar-refractivity contribution in [1.29, 1.82) is 0 Å². The van der Waals surface area contributed by atoms with Gasteiger partial charge in [-0.05, 0) is 67.3 Å². The minimum atomic E-state index is -0.224. The Kier molecular flexibility index (Phi) is 4.10. The number of amides is 1. The molecule has 0 aliphatic heterocycles. The molecule has 1 saturated carbocycles. The number of rotatable bonds is 3. The van der Waals surface area contributed by atoms with Crippen LogP contribution in [0.1, 0.15) is 44.1 Å². The maximum absolute atomic E-state index is 13.6. The summed E-state index contributed by atoms with van der Waals surface area (Å²) < 4.78 is 13.6. The molecule has 2 aromatic rings. The third-order valence-electron chi connectivity index (χ3n) is 5.10. The minimum absolute atomic E-state index is 0.0624. The van der Waals surface area contributed by atoms with Crippen LogP contribution in [0.15, 0.2) is 30.5 Å². The Labute approximate surface area is 129 Å². The number of carbonyl (C=O) groups excluding carboxylic acids is 1. The number of nitrogens with two attached hydrogens (primary N) is 1. The van der Waals surface area contributed by atoms with Gasteiger partial charge in [0.25, 0.3) is 0 Å². The van der Waals surface area contributed by atoms with Crippen LogP contribution in [0.4, 0.5) is 4.39 Å². The van der Waals surface area contributed by atoms with Crippen molar-refractivity contribution < 1.29 is 9.18 Å². The normalized spacial score (nSPS) is 23.4. The highest BCUT2D eigenvalue weighted by atomic mass is 19.1. The van der Waals surface area contributed by atoms with E-state index < -0.39 is 0 Å². The summed E-state index contributed by atoms with van der Waals surface area (Å²) in [6, 6.07) is 6.76. The van der Waals surface area contributed by atoms with Gasteiger partial charge >= 0.3 is 0 Å². The van der Waals surface area contributed by atoms with Crippen molar-refractivity contribution in [3.05, 3.63) is 41.8 Å². The first-order valence-electron chi connectivity index (χ1n) is 7.89. The Hall–Kier alpha value is -1.97. The highest BCUT2D eigenvalue weighted by Gasteiger charge is 2.29. The number of hydrogen-bond donors (Lipinski definition) is 1. The molecule has 1 aliphatic carbocycles. The van der Waals surface area contributed by atoms with Crippen LogP contribution in [-0.4, -0.2) is 10.9 Å². The number of aromatic nitrogens is 1. The van der Waals surface area contributed by atoms with E-state index in [4.69, 9.17) is 5.73 Å². The van der Waals surface area contributed by atoms with Gasteiger partial charge in [-0.1, -0.05) is 6.92 Å². The number of pyridine rings is 1. The second-order valence-corrected chi connectivity index (χ2v) is 6.36. The van der Waals surface area contributed by atoms with Crippen molar-refractivity contribution in [2.45, 2.75) is 38.5 Å². The van der Waals surface area contributed by atoms with E-state index >= 15 is 0 Å². The van der Waals surface area contributed by atoms with E-state index in [2.05, 4.69) is 4.98 Å². The van der Waals surface area contributed by atoms with Crippen molar-refractivity contribution >= 4 is 16.8 Å². The van der Waals surface area contributed by atoms with Gasteiger partial charge in [0.2, 0.25) is 5.91 Å². The average Bonchev–Trinajstić information content (AvgIpc) is 2.53. The molecule has 1 aliphatic rings. The number of fused-ring (bicyclic) bond motifs is 1. The van der Waals surface area contributed by atoms with Crippen LogP contribution in [0.25, 0.3) is 10.9 Å². The molecular weight excluding hydrogens is 279 g/mol. The molecule has 3 rings (SSSR count). The summed E-state index contributed by atoms with van der Waals surface area (Å²) in [7, 11) is 0. The van der Waals surface area contributed by atoms with Crippen LogP contribution in [0.2, 0.25) is 0 Å². The molecule has 22 heavy (non-hydrogen) atoms. The number of hydrogen-bond acceptors (Lipinski definition) is 2. The van der Waals surface area contributed by atoms with E-state index in [1.165, 1.54) is 11.6 Å². The van der Waals surface area contributed by atoms with Crippen LogP contribution in [-0.2, 0) is 4.79 Å². The monoisotopic (exact) mass is 300 g/mol. The summed E-state index contributed by atoms with van der Waals surface area (Å²) in [5.74, 6) is 0.285. The van der Waals surface area contributed by atoms with Crippen LogP contribution < -0.4 is 5.73 Å². The third kappa shape index (κ3) is 2.82. The molecule has 4 heteroatoms. The van der Waals surface area contributed by atoms with Crippen molar-refractivity contribution in [3.8, 4) is 0 Å². The molecule has 0 spiro atoms. The molecular formula is C18H21FN2O. The Morgan fingerprint density at radius 1 is 1.27 bits per heavy atom. The van der Waals surface area contributed by atoms with Gasteiger partial charge in [0.1, 0.15) is 5.82 Å². The lowest BCUT2D eigenvalue weighted by atomic mass is 9.73. The molecule has 1 amide bonds. The Balaban J connectivity index is 1.82. The largest absolute Gasteiger partial charge is 0.369 e. The number of nitrogens with zero attached hydrogens (tertiary/aromatic N) is 1. The summed E-state index contributed by atoms with van der Waals surface area (Å²) in [5.41, 5.74) is 7.43. The quantitative estimate of drug-likeness (QED) is 0.938. The summed E-state index contributed by atoms with van der Waals surface area (Å²) >= 11 is 0. The number of primary amides is 1. The molecule has 1 atom stereocenters. The Morgan fingerprint density at radius 3 is 2.68 bits per heavy atom. The first kappa shape index (κ1) is 14.9. The van der Waals surface area contributed by atoms with E-state index in [1.54, 1.807) is 18.3 Å². The molecule has 2 N–H and O–H groups in total. The molecule has 0 radical (unpaired) electrons. The zero-order chi connectivity index (χ0) is 15.7. The Morgan fingerprint density at radius 2 is 2.00 bits per heavy atom.